The number of halogens is 1. The predicted octanol–water partition coefficient (Wildman–Crippen LogP) is 5.42. The van der Waals surface area contributed by atoms with Crippen LogP contribution in [0.25, 0.3) is 0 Å². The third kappa shape index (κ3) is 7.14. The normalized spacial score (nSPS) is 13.7. The van der Waals surface area contributed by atoms with Crippen molar-refractivity contribution in [3.8, 4) is 5.75 Å². The van der Waals surface area contributed by atoms with Crippen molar-refractivity contribution in [3.63, 3.8) is 0 Å². The molecule has 2 aromatic rings. The van der Waals surface area contributed by atoms with Crippen molar-refractivity contribution in [1.29, 1.82) is 0 Å². The van der Waals surface area contributed by atoms with Crippen LogP contribution in [0, 0.1) is 3.57 Å². The Morgan fingerprint density at radius 3 is 2.11 bits per heavy atom. The number of benzene rings is 2. The summed E-state index contributed by atoms with van der Waals surface area (Å²) in [4.78, 5) is 12.4. The van der Waals surface area contributed by atoms with Crippen LogP contribution in [-0.4, -0.2) is 18.7 Å². The molecule has 2 rings (SSSR count). The van der Waals surface area contributed by atoms with Crippen LogP contribution < -0.4 is 10.1 Å². The van der Waals surface area contributed by atoms with E-state index in [1.807, 2.05) is 45.0 Å². The van der Waals surface area contributed by atoms with E-state index in [1.54, 1.807) is 7.11 Å². The van der Waals surface area contributed by atoms with Crippen molar-refractivity contribution >= 4 is 28.6 Å². The van der Waals surface area contributed by atoms with Crippen molar-refractivity contribution in [3.05, 3.63) is 63.2 Å². The second kappa shape index (κ2) is 9.55. The number of carbonyl (C=O) groups excluding carboxylic acids is 1. The van der Waals surface area contributed by atoms with Gasteiger partial charge < -0.3 is 14.8 Å². The zero-order valence-electron chi connectivity index (χ0n) is 16.6. The van der Waals surface area contributed by atoms with Gasteiger partial charge in [-0.2, -0.15) is 0 Å². The van der Waals surface area contributed by atoms with Crippen LogP contribution in [-0.2, 0) is 9.53 Å². The minimum absolute atomic E-state index is 0.0719. The summed E-state index contributed by atoms with van der Waals surface area (Å²) in [6, 6.07) is 16.1. The zero-order valence-corrected chi connectivity index (χ0v) is 18.7. The third-order valence-corrected chi connectivity index (χ3v) is 4.85. The van der Waals surface area contributed by atoms with Crippen LogP contribution in [0.1, 0.15) is 57.3 Å². The van der Waals surface area contributed by atoms with Crippen molar-refractivity contribution in [2.45, 2.75) is 51.8 Å². The molecule has 5 heteroatoms. The molecular weight excluding hydrogens is 453 g/mol. The highest BCUT2D eigenvalue weighted by Gasteiger charge is 2.23. The molecule has 0 saturated carbocycles. The first-order valence-electron chi connectivity index (χ1n) is 9.05. The SMILES string of the molecule is COc1ccc([C@H](C)N[C@H](CC(=O)OC(C)(C)C)c2ccc(I)cc2)cc1. The molecule has 0 fully saturated rings. The van der Waals surface area contributed by atoms with Crippen LogP contribution in [0.2, 0.25) is 0 Å². The minimum Gasteiger partial charge on any atom is -0.497 e. The van der Waals surface area contributed by atoms with Crippen LogP contribution >= 0.6 is 22.6 Å². The molecule has 0 saturated heterocycles. The van der Waals surface area contributed by atoms with Gasteiger partial charge in [-0.25, -0.2) is 0 Å². The molecule has 0 spiro atoms. The van der Waals surface area contributed by atoms with Gasteiger partial charge in [0.25, 0.3) is 0 Å². The van der Waals surface area contributed by atoms with Gasteiger partial charge in [0, 0.05) is 15.7 Å². The standard InChI is InChI=1S/C22H28INO3/c1-15(16-8-12-19(26-5)13-9-16)24-20(14-21(25)27-22(2,3)4)17-6-10-18(23)11-7-17/h6-13,15,20,24H,14H2,1-5H3/t15-,20+/m0/s1. The zero-order chi connectivity index (χ0) is 20.0. The van der Waals surface area contributed by atoms with Crippen molar-refractivity contribution in [1.82, 2.24) is 5.32 Å². The molecule has 0 unspecified atom stereocenters. The molecule has 0 aliphatic rings. The van der Waals surface area contributed by atoms with Crippen molar-refractivity contribution < 1.29 is 14.3 Å². The summed E-state index contributed by atoms with van der Waals surface area (Å²) in [6.07, 6.45) is 0.276. The lowest BCUT2D eigenvalue weighted by Crippen LogP contribution is -2.30. The molecule has 0 radical (unpaired) electrons. The number of hydrogen-bond acceptors (Lipinski definition) is 4. The van der Waals surface area contributed by atoms with Crippen LogP contribution in [0.5, 0.6) is 5.75 Å². The fourth-order valence-corrected chi connectivity index (χ4v) is 3.17. The number of esters is 1. The fraction of sp³-hybridized carbons (Fsp3) is 0.409. The van der Waals surface area contributed by atoms with E-state index in [2.05, 4.69) is 59.1 Å². The molecule has 0 amide bonds. The molecule has 2 aromatic carbocycles. The Labute approximate surface area is 175 Å². The Morgan fingerprint density at radius 2 is 1.59 bits per heavy atom. The Morgan fingerprint density at radius 1 is 1.04 bits per heavy atom. The molecule has 0 aliphatic carbocycles. The van der Waals surface area contributed by atoms with E-state index in [0.717, 1.165) is 20.4 Å². The first kappa shape index (κ1) is 21.7. The minimum atomic E-state index is -0.491. The molecule has 146 valence electrons. The Bertz CT molecular complexity index is 736. The molecular formula is C22H28INO3. The first-order valence-corrected chi connectivity index (χ1v) is 10.1. The van der Waals surface area contributed by atoms with Gasteiger partial charge in [-0.1, -0.05) is 24.3 Å². The predicted molar refractivity (Wildman–Crippen MR) is 117 cm³/mol. The quantitative estimate of drug-likeness (QED) is 0.424. The Balaban J connectivity index is 2.17. The van der Waals surface area contributed by atoms with Gasteiger partial charge in [0.2, 0.25) is 0 Å². The number of ether oxygens (including phenoxy) is 2. The average Bonchev–Trinajstić information content (AvgIpc) is 2.60. The van der Waals surface area contributed by atoms with Gasteiger partial charge in [-0.15, -0.1) is 0 Å². The second-order valence-corrected chi connectivity index (χ2v) is 8.80. The Hall–Kier alpha value is -1.60. The van der Waals surface area contributed by atoms with E-state index in [4.69, 9.17) is 9.47 Å². The van der Waals surface area contributed by atoms with E-state index in [0.29, 0.717) is 0 Å². The van der Waals surface area contributed by atoms with Crippen molar-refractivity contribution in [2.75, 3.05) is 7.11 Å². The summed E-state index contributed by atoms with van der Waals surface area (Å²) >= 11 is 2.28. The molecule has 27 heavy (non-hydrogen) atoms. The maximum Gasteiger partial charge on any atom is 0.308 e. The lowest BCUT2D eigenvalue weighted by atomic mass is 10.0. The number of methoxy groups -OCH3 is 1. The number of rotatable bonds is 7. The monoisotopic (exact) mass is 481 g/mol. The molecule has 4 nitrogen and oxygen atoms in total. The largest absolute Gasteiger partial charge is 0.497 e. The van der Waals surface area contributed by atoms with E-state index in [9.17, 15) is 4.79 Å². The Kier molecular flexibility index (Phi) is 7.68. The summed E-state index contributed by atoms with van der Waals surface area (Å²) in [5.74, 6) is 0.620. The third-order valence-electron chi connectivity index (χ3n) is 4.13. The summed E-state index contributed by atoms with van der Waals surface area (Å²) in [5.41, 5.74) is 1.71. The average molecular weight is 481 g/mol. The van der Waals surface area contributed by atoms with Crippen molar-refractivity contribution in [2.24, 2.45) is 0 Å². The second-order valence-electron chi connectivity index (χ2n) is 7.56. The summed E-state index contributed by atoms with van der Waals surface area (Å²) in [5, 5.41) is 3.58. The smallest absolute Gasteiger partial charge is 0.308 e. The summed E-state index contributed by atoms with van der Waals surface area (Å²) in [7, 11) is 1.66. The van der Waals surface area contributed by atoms with Gasteiger partial charge in [-0.05, 0) is 85.7 Å². The maximum atomic E-state index is 12.4. The van der Waals surface area contributed by atoms with Gasteiger partial charge in [-0.3, -0.25) is 4.79 Å². The molecule has 2 atom stereocenters. The number of carbonyl (C=O) groups is 1. The highest BCUT2D eigenvalue weighted by Crippen LogP contribution is 2.25. The fourth-order valence-electron chi connectivity index (χ4n) is 2.81. The topological polar surface area (TPSA) is 47.6 Å². The van der Waals surface area contributed by atoms with E-state index < -0.39 is 5.60 Å². The van der Waals surface area contributed by atoms with E-state index >= 15 is 0 Å². The van der Waals surface area contributed by atoms with Gasteiger partial charge in [0.05, 0.1) is 13.5 Å². The lowest BCUT2D eigenvalue weighted by molar-refractivity contribution is -0.155. The lowest BCUT2D eigenvalue weighted by Gasteiger charge is -2.26. The van der Waals surface area contributed by atoms with Crippen LogP contribution in [0.3, 0.4) is 0 Å². The van der Waals surface area contributed by atoms with Gasteiger partial charge in [0.1, 0.15) is 11.4 Å². The highest BCUT2D eigenvalue weighted by atomic mass is 127. The molecule has 0 bridgehead atoms. The van der Waals surface area contributed by atoms with Crippen LogP contribution in [0.15, 0.2) is 48.5 Å². The van der Waals surface area contributed by atoms with E-state index in [1.165, 1.54) is 0 Å². The van der Waals surface area contributed by atoms with Gasteiger partial charge in [0.15, 0.2) is 0 Å². The van der Waals surface area contributed by atoms with E-state index in [-0.39, 0.29) is 24.5 Å². The summed E-state index contributed by atoms with van der Waals surface area (Å²) in [6.45, 7) is 7.76. The maximum absolute atomic E-state index is 12.4. The van der Waals surface area contributed by atoms with Crippen LogP contribution in [0.4, 0.5) is 0 Å². The molecule has 1 N–H and O–H groups in total. The molecule has 0 aliphatic heterocycles. The highest BCUT2D eigenvalue weighted by molar-refractivity contribution is 14.1. The molecule has 0 heterocycles. The molecule has 0 aromatic heterocycles. The number of nitrogens with one attached hydrogen (secondary N) is 1. The number of hydrogen-bond donors (Lipinski definition) is 1. The first-order chi connectivity index (χ1) is 12.7. The summed E-state index contributed by atoms with van der Waals surface area (Å²) < 4.78 is 11.9. The van der Waals surface area contributed by atoms with Gasteiger partial charge >= 0.3 is 5.97 Å².